The van der Waals surface area contributed by atoms with E-state index in [0.29, 0.717) is 45.4 Å². The summed E-state index contributed by atoms with van der Waals surface area (Å²) in [5.74, 6) is -0.269. The highest BCUT2D eigenvalue weighted by Crippen LogP contribution is 2.49. The number of hydrogen-bond donors (Lipinski definition) is 0. The van der Waals surface area contributed by atoms with Crippen LogP contribution in [0.4, 0.5) is 19.7 Å². The van der Waals surface area contributed by atoms with E-state index in [9.17, 15) is 14.0 Å². The molecule has 0 saturated carbocycles. The summed E-state index contributed by atoms with van der Waals surface area (Å²) >= 11 is 0. The molecule has 5 fully saturated rings. The Morgan fingerprint density at radius 2 is 1.54 bits per heavy atom. The van der Waals surface area contributed by atoms with Gasteiger partial charge >= 0.3 is 12.2 Å². The van der Waals surface area contributed by atoms with Gasteiger partial charge in [0.15, 0.2) is 0 Å². The lowest BCUT2D eigenvalue weighted by Gasteiger charge is -2.47. The molecule has 4 atom stereocenters. The van der Waals surface area contributed by atoms with Gasteiger partial charge in [-0.2, -0.15) is 0 Å². The van der Waals surface area contributed by atoms with Crippen molar-refractivity contribution < 1.29 is 34.4 Å². The van der Waals surface area contributed by atoms with E-state index in [1.54, 1.807) is 17.0 Å². The number of likely N-dealkylation sites (tertiary alicyclic amines) is 1. The van der Waals surface area contributed by atoms with Crippen molar-refractivity contribution in [1.29, 1.82) is 0 Å². The van der Waals surface area contributed by atoms with E-state index < -0.39 is 0 Å². The van der Waals surface area contributed by atoms with Crippen molar-refractivity contribution in [2.75, 3.05) is 51.0 Å². The quantitative estimate of drug-likeness (QED) is 0.567. The van der Waals surface area contributed by atoms with Gasteiger partial charge in [-0.3, -0.25) is 4.90 Å². The Bertz CT molecular complexity index is 1090. The van der Waals surface area contributed by atoms with Gasteiger partial charge in [0.1, 0.15) is 18.0 Å². The van der Waals surface area contributed by atoms with Crippen LogP contribution in [0.5, 0.6) is 0 Å². The molecule has 6 aliphatic heterocycles. The standard InChI is InChI=1S/C29H38FN3O6.H2/c30-19-1-4-26-25(13-19)29(18-32(26)27(34)38-23-5-11-36-16-23)7-9-31(10-8-29)22-14-20-2-3-21(15-22)33(20)28(35)39-24-6-12-37-17-24;/h1,4,13,20-24H,2-3,5-12,14-18H2;1H/t20?,21?,22?,23-,24+;/m1./s1. The molecule has 5 saturated heterocycles. The number of piperidine rings is 2. The number of halogens is 1. The van der Waals surface area contributed by atoms with Gasteiger partial charge in [-0.05, 0) is 75.4 Å². The molecule has 1 aromatic carbocycles. The van der Waals surface area contributed by atoms with Crippen LogP contribution in [0.15, 0.2) is 18.2 Å². The molecule has 0 aromatic heterocycles. The average molecular weight is 546 g/mol. The third-order valence-corrected chi connectivity index (χ3v) is 10.0. The molecule has 0 aliphatic carbocycles. The number of anilines is 1. The maximum absolute atomic E-state index is 14.4. The minimum atomic E-state index is -0.363. The summed E-state index contributed by atoms with van der Waals surface area (Å²) in [5, 5.41) is 0. The lowest BCUT2D eigenvalue weighted by atomic mass is 9.73. The molecule has 1 spiro atoms. The van der Waals surface area contributed by atoms with Gasteiger partial charge in [0, 0.05) is 44.4 Å². The van der Waals surface area contributed by atoms with E-state index in [2.05, 4.69) is 4.90 Å². The molecule has 39 heavy (non-hydrogen) atoms. The van der Waals surface area contributed by atoms with E-state index in [1.165, 1.54) is 6.07 Å². The van der Waals surface area contributed by atoms with Crippen LogP contribution in [0, 0.1) is 5.82 Å². The van der Waals surface area contributed by atoms with E-state index in [4.69, 9.17) is 18.9 Å². The maximum Gasteiger partial charge on any atom is 0.414 e. The van der Waals surface area contributed by atoms with Gasteiger partial charge in [-0.15, -0.1) is 0 Å². The van der Waals surface area contributed by atoms with Crippen LogP contribution in [0.3, 0.4) is 0 Å². The van der Waals surface area contributed by atoms with Crippen molar-refractivity contribution in [2.24, 2.45) is 0 Å². The third-order valence-electron chi connectivity index (χ3n) is 10.0. The summed E-state index contributed by atoms with van der Waals surface area (Å²) in [6.45, 7) is 4.51. The summed E-state index contributed by atoms with van der Waals surface area (Å²) in [6.07, 6.45) is 6.34. The second-order valence-corrected chi connectivity index (χ2v) is 12.2. The molecule has 10 heteroatoms. The number of amides is 2. The molecule has 6 aliphatic rings. The van der Waals surface area contributed by atoms with Crippen molar-refractivity contribution in [3.8, 4) is 0 Å². The molecule has 2 bridgehead atoms. The van der Waals surface area contributed by atoms with Gasteiger partial charge in [0.25, 0.3) is 0 Å². The fourth-order valence-corrected chi connectivity index (χ4v) is 7.91. The maximum atomic E-state index is 14.4. The van der Waals surface area contributed by atoms with Crippen LogP contribution in [-0.2, 0) is 24.4 Å². The number of fused-ring (bicyclic) bond motifs is 4. The van der Waals surface area contributed by atoms with Crippen molar-refractivity contribution in [3.05, 3.63) is 29.6 Å². The summed E-state index contributed by atoms with van der Waals surface area (Å²) in [7, 11) is 0. The highest BCUT2D eigenvalue weighted by Gasteiger charge is 2.50. The van der Waals surface area contributed by atoms with Crippen molar-refractivity contribution in [3.63, 3.8) is 0 Å². The molecule has 0 radical (unpaired) electrons. The Morgan fingerprint density at radius 1 is 0.897 bits per heavy atom. The zero-order chi connectivity index (χ0) is 26.6. The largest absolute Gasteiger partial charge is 0.444 e. The fraction of sp³-hybridized carbons (Fsp3) is 0.724. The normalized spacial score (nSPS) is 33.5. The molecular weight excluding hydrogens is 505 g/mol. The fourth-order valence-electron chi connectivity index (χ4n) is 7.91. The lowest BCUT2D eigenvalue weighted by molar-refractivity contribution is 0.00963. The van der Waals surface area contributed by atoms with Gasteiger partial charge < -0.3 is 28.7 Å². The van der Waals surface area contributed by atoms with E-state index in [0.717, 1.165) is 69.3 Å². The van der Waals surface area contributed by atoms with E-state index in [1.807, 2.05) is 4.90 Å². The first kappa shape index (κ1) is 25.5. The molecule has 0 N–H and O–H groups in total. The topological polar surface area (TPSA) is 80.8 Å². The summed E-state index contributed by atoms with van der Waals surface area (Å²) in [5.41, 5.74) is 1.42. The minimum Gasteiger partial charge on any atom is -0.444 e. The first-order valence-electron chi connectivity index (χ1n) is 14.7. The lowest BCUT2D eigenvalue weighted by Crippen LogP contribution is -2.56. The predicted molar refractivity (Wildman–Crippen MR) is 141 cm³/mol. The average Bonchev–Trinajstić information content (AvgIpc) is 3.73. The highest BCUT2D eigenvalue weighted by molar-refractivity contribution is 5.91. The number of ether oxygens (including phenoxy) is 4. The number of hydrogen-bond acceptors (Lipinski definition) is 7. The van der Waals surface area contributed by atoms with E-state index >= 15 is 0 Å². The number of carbonyl (C=O) groups excluding carboxylic acids is 2. The minimum absolute atomic E-state index is 0. The smallest absolute Gasteiger partial charge is 0.414 e. The Hall–Kier alpha value is -2.43. The third kappa shape index (κ3) is 4.68. The monoisotopic (exact) mass is 545 g/mol. The molecular formula is C29H40FN3O6. The van der Waals surface area contributed by atoms with Gasteiger partial charge in [0.2, 0.25) is 0 Å². The molecule has 7 rings (SSSR count). The van der Waals surface area contributed by atoms with Gasteiger partial charge in [-0.1, -0.05) is 0 Å². The Kier molecular flexibility index (Phi) is 6.67. The van der Waals surface area contributed by atoms with Crippen molar-refractivity contribution in [2.45, 2.75) is 87.1 Å². The molecule has 2 amide bonds. The molecule has 1 aromatic rings. The number of nitrogens with zero attached hydrogens (tertiary/aromatic N) is 3. The zero-order valence-corrected chi connectivity index (χ0v) is 22.4. The van der Waals surface area contributed by atoms with Crippen LogP contribution in [0.25, 0.3) is 0 Å². The Balaban J connectivity index is 0.00000289. The molecule has 9 nitrogen and oxygen atoms in total. The highest BCUT2D eigenvalue weighted by atomic mass is 19.1. The Labute approximate surface area is 229 Å². The Morgan fingerprint density at radius 3 is 2.15 bits per heavy atom. The van der Waals surface area contributed by atoms with E-state index in [-0.39, 0.29) is 49.1 Å². The van der Waals surface area contributed by atoms with Crippen molar-refractivity contribution in [1.82, 2.24) is 9.80 Å². The van der Waals surface area contributed by atoms with Crippen molar-refractivity contribution >= 4 is 17.9 Å². The number of rotatable bonds is 3. The van der Waals surface area contributed by atoms with Crippen LogP contribution in [0.1, 0.15) is 58.4 Å². The SMILES string of the molecule is O=C(O[C@@H]1CCOC1)N1CC2(CCN(C3CC4CCC(C3)N4C(=O)O[C@H]3CCOC3)CC2)c2cc(F)ccc21.[HH]. The van der Waals surface area contributed by atoms with Crippen LogP contribution in [-0.4, -0.2) is 98.4 Å². The zero-order valence-electron chi connectivity index (χ0n) is 22.4. The molecule has 214 valence electrons. The second-order valence-electron chi connectivity index (χ2n) is 12.2. The summed E-state index contributed by atoms with van der Waals surface area (Å²) < 4.78 is 36.7. The van der Waals surface area contributed by atoms with Crippen LogP contribution < -0.4 is 4.90 Å². The molecule has 6 heterocycles. The first-order chi connectivity index (χ1) is 19.0. The van der Waals surface area contributed by atoms with Gasteiger partial charge in [-0.25, -0.2) is 14.0 Å². The number of benzene rings is 1. The second kappa shape index (κ2) is 10.2. The summed E-state index contributed by atoms with van der Waals surface area (Å²) in [6, 6.07) is 5.66. The number of carbonyl (C=O) groups is 2. The van der Waals surface area contributed by atoms with Crippen LogP contribution >= 0.6 is 0 Å². The summed E-state index contributed by atoms with van der Waals surface area (Å²) in [4.78, 5) is 32.4. The molecule has 2 unspecified atom stereocenters. The first-order valence-corrected chi connectivity index (χ1v) is 14.7. The van der Waals surface area contributed by atoms with Crippen LogP contribution in [0.2, 0.25) is 0 Å². The predicted octanol–water partition coefficient (Wildman–Crippen LogP) is 4.07. The van der Waals surface area contributed by atoms with Gasteiger partial charge in [0.05, 0.1) is 32.1 Å².